The lowest BCUT2D eigenvalue weighted by molar-refractivity contribution is -0.150. The lowest BCUT2D eigenvalue weighted by Crippen LogP contribution is -2.18. The second-order valence-corrected chi connectivity index (χ2v) is 14.9. The third-order valence-corrected chi connectivity index (χ3v) is 9.99. The lowest BCUT2D eigenvalue weighted by Gasteiger charge is -2.18. The number of carbonyl (C=O) groups excluding carboxylic acids is 1. The summed E-state index contributed by atoms with van der Waals surface area (Å²) in [6, 6.07) is 0. The number of aliphatic carboxylic acids is 1. The van der Waals surface area contributed by atoms with E-state index in [1.807, 2.05) is 0 Å². The molecule has 0 aliphatic heterocycles. The Bertz CT molecular complexity index is 687. The minimum Gasteiger partial charge on any atom is -0.481 e. The smallest absolute Gasteiger partial charge is 0.306 e. The van der Waals surface area contributed by atoms with Crippen molar-refractivity contribution in [1.29, 1.82) is 0 Å². The number of ether oxygens (including phenoxy) is 1. The maximum atomic E-state index is 12.6. The monoisotopic (exact) mass is 677 g/mol. The van der Waals surface area contributed by atoms with E-state index in [2.05, 4.69) is 26.0 Å². The van der Waals surface area contributed by atoms with Crippen LogP contribution in [0.1, 0.15) is 251 Å². The third-order valence-electron chi connectivity index (χ3n) is 9.99. The van der Waals surface area contributed by atoms with Gasteiger partial charge in [-0.05, 0) is 64.2 Å². The lowest BCUT2D eigenvalue weighted by atomic mass is 10.0. The van der Waals surface area contributed by atoms with Gasteiger partial charge < -0.3 is 9.84 Å². The van der Waals surface area contributed by atoms with Crippen LogP contribution in [-0.2, 0) is 14.3 Å². The van der Waals surface area contributed by atoms with E-state index < -0.39 is 5.97 Å². The highest BCUT2D eigenvalue weighted by molar-refractivity contribution is 5.69. The van der Waals surface area contributed by atoms with Crippen LogP contribution in [-0.4, -0.2) is 23.1 Å². The van der Waals surface area contributed by atoms with Crippen LogP contribution >= 0.6 is 0 Å². The molecular formula is C44H84O4. The summed E-state index contributed by atoms with van der Waals surface area (Å²) < 4.78 is 5.96. The second kappa shape index (κ2) is 40.1. The Morgan fingerprint density at radius 1 is 0.438 bits per heavy atom. The molecule has 0 aromatic rings. The number of unbranched alkanes of at least 4 members (excludes halogenated alkanes) is 29. The Hall–Kier alpha value is -1.32. The number of hydrogen-bond acceptors (Lipinski definition) is 3. The van der Waals surface area contributed by atoms with Crippen LogP contribution in [0.4, 0.5) is 0 Å². The summed E-state index contributed by atoms with van der Waals surface area (Å²) in [5, 5.41) is 8.91. The summed E-state index contributed by atoms with van der Waals surface area (Å²) in [7, 11) is 0. The Kier molecular flexibility index (Phi) is 39.0. The summed E-state index contributed by atoms with van der Waals surface area (Å²) in [5.74, 6) is -0.747. The standard InChI is InChI=1S/C44H84O4/c1-3-5-7-9-11-13-15-17-18-19-20-21-22-24-26-28-30-32-37-41-44(47)48-42(39-35-33-36-40-43(45)46)38-34-31-29-27-25-23-16-14-12-10-8-6-4-2/h17-18,42H,3-16,19-41H2,1-2H3,(H,45,46)/b18-17-. The second-order valence-electron chi connectivity index (χ2n) is 14.9. The predicted molar refractivity (Wildman–Crippen MR) is 209 cm³/mol. The molecule has 48 heavy (non-hydrogen) atoms. The molecule has 284 valence electrons. The van der Waals surface area contributed by atoms with Crippen LogP contribution < -0.4 is 0 Å². The predicted octanol–water partition coefficient (Wildman–Crippen LogP) is 15.0. The molecule has 0 rings (SSSR count). The number of rotatable bonds is 40. The van der Waals surface area contributed by atoms with E-state index >= 15 is 0 Å². The van der Waals surface area contributed by atoms with Gasteiger partial charge in [0.25, 0.3) is 0 Å². The highest BCUT2D eigenvalue weighted by Gasteiger charge is 2.14. The molecule has 0 heterocycles. The van der Waals surface area contributed by atoms with Gasteiger partial charge in [0.1, 0.15) is 6.10 Å². The van der Waals surface area contributed by atoms with Gasteiger partial charge >= 0.3 is 11.9 Å². The van der Waals surface area contributed by atoms with Crippen LogP contribution in [0.2, 0.25) is 0 Å². The maximum Gasteiger partial charge on any atom is 0.306 e. The van der Waals surface area contributed by atoms with Crippen molar-refractivity contribution < 1.29 is 19.4 Å². The normalized spacial score (nSPS) is 12.2. The van der Waals surface area contributed by atoms with Gasteiger partial charge in [-0.25, -0.2) is 0 Å². The van der Waals surface area contributed by atoms with E-state index in [4.69, 9.17) is 9.84 Å². The van der Waals surface area contributed by atoms with Crippen LogP contribution in [0.3, 0.4) is 0 Å². The molecular weight excluding hydrogens is 592 g/mol. The number of carboxylic acids is 1. The molecule has 0 saturated carbocycles. The molecule has 4 heteroatoms. The molecule has 0 fully saturated rings. The molecule has 0 bridgehead atoms. The van der Waals surface area contributed by atoms with E-state index in [-0.39, 0.29) is 18.5 Å². The number of esters is 1. The first-order valence-electron chi connectivity index (χ1n) is 21.7. The molecule has 0 radical (unpaired) electrons. The third kappa shape index (κ3) is 39.1. The van der Waals surface area contributed by atoms with E-state index in [9.17, 15) is 9.59 Å². The van der Waals surface area contributed by atoms with Gasteiger partial charge in [0.2, 0.25) is 0 Å². The quantitative estimate of drug-likeness (QED) is 0.0398. The van der Waals surface area contributed by atoms with Gasteiger partial charge in [0, 0.05) is 12.8 Å². The molecule has 0 spiro atoms. The largest absolute Gasteiger partial charge is 0.481 e. The molecule has 1 N–H and O–H groups in total. The summed E-state index contributed by atoms with van der Waals surface area (Å²) in [5.41, 5.74) is 0. The first kappa shape index (κ1) is 46.7. The average molecular weight is 677 g/mol. The zero-order chi connectivity index (χ0) is 35.0. The van der Waals surface area contributed by atoms with Crippen molar-refractivity contribution in [2.75, 3.05) is 0 Å². The molecule has 4 nitrogen and oxygen atoms in total. The Morgan fingerprint density at radius 2 is 0.750 bits per heavy atom. The van der Waals surface area contributed by atoms with Crippen LogP contribution in [0.25, 0.3) is 0 Å². The van der Waals surface area contributed by atoms with Gasteiger partial charge in [0.15, 0.2) is 0 Å². The number of hydrogen-bond donors (Lipinski definition) is 1. The summed E-state index contributed by atoms with van der Waals surface area (Å²) in [6.07, 6.45) is 49.5. The fraction of sp³-hybridized carbons (Fsp3) is 0.909. The van der Waals surface area contributed by atoms with E-state index in [1.165, 1.54) is 173 Å². The molecule has 0 aliphatic rings. The molecule has 0 aromatic heterocycles. The van der Waals surface area contributed by atoms with Gasteiger partial charge in [-0.3, -0.25) is 9.59 Å². The van der Waals surface area contributed by atoms with Gasteiger partial charge in [-0.2, -0.15) is 0 Å². The van der Waals surface area contributed by atoms with Crippen molar-refractivity contribution in [3.63, 3.8) is 0 Å². The first-order valence-corrected chi connectivity index (χ1v) is 21.7. The minimum absolute atomic E-state index is 0.00541. The van der Waals surface area contributed by atoms with E-state index in [0.717, 1.165) is 44.9 Å². The van der Waals surface area contributed by atoms with E-state index in [0.29, 0.717) is 12.8 Å². The fourth-order valence-corrected chi connectivity index (χ4v) is 6.77. The topological polar surface area (TPSA) is 63.6 Å². The summed E-state index contributed by atoms with van der Waals surface area (Å²) in [4.78, 5) is 23.5. The molecule has 0 saturated heterocycles. The zero-order valence-electron chi connectivity index (χ0n) is 32.6. The number of carbonyl (C=O) groups is 2. The van der Waals surface area contributed by atoms with Crippen molar-refractivity contribution in [3.05, 3.63) is 12.2 Å². The maximum absolute atomic E-state index is 12.6. The number of carboxylic acid groups (broad SMARTS) is 1. The van der Waals surface area contributed by atoms with Crippen molar-refractivity contribution in [3.8, 4) is 0 Å². The Labute approximate surface area is 300 Å². The Balaban J connectivity index is 3.85. The Morgan fingerprint density at radius 3 is 1.15 bits per heavy atom. The first-order chi connectivity index (χ1) is 23.6. The van der Waals surface area contributed by atoms with Crippen molar-refractivity contribution in [2.24, 2.45) is 0 Å². The van der Waals surface area contributed by atoms with Gasteiger partial charge in [-0.1, -0.05) is 187 Å². The van der Waals surface area contributed by atoms with Crippen LogP contribution in [0.5, 0.6) is 0 Å². The minimum atomic E-state index is -0.720. The SMILES string of the molecule is CCCCCCCC/C=C\CCCCCCCCCCCC(=O)OC(CCCCCCCCCCCCCCC)CCCCCC(=O)O. The fourth-order valence-electron chi connectivity index (χ4n) is 6.77. The zero-order valence-corrected chi connectivity index (χ0v) is 32.6. The highest BCUT2D eigenvalue weighted by atomic mass is 16.5. The summed E-state index contributed by atoms with van der Waals surface area (Å²) in [6.45, 7) is 4.56. The molecule has 1 atom stereocenters. The molecule has 0 amide bonds. The number of allylic oxidation sites excluding steroid dienone is 2. The molecule has 1 unspecified atom stereocenters. The molecule has 0 aliphatic carbocycles. The highest BCUT2D eigenvalue weighted by Crippen LogP contribution is 2.19. The van der Waals surface area contributed by atoms with E-state index in [1.54, 1.807) is 0 Å². The van der Waals surface area contributed by atoms with Gasteiger partial charge in [-0.15, -0.1) is 0 Å². The van der Waals surface area contributed by atoms with Crippen molar-refractivity contribution >= 4 is 11.9 Å². The average Bonchev–Trinajstić information content (AvgIpc) is 3.07. The van der Waals surface area contributed by atoms with Crippen molar-refractivity contribution in [2.45, 2.75) is 258 Å². The van der Waals surface area contributed by atoms with Crippen LogP contribution in [0.15, 0.2) is 12.2 Å². The van der Waals surface area contributed by atoms with Crippen LogP contribution in [0, 0.1) is 0 Å². The van der Waals surface area contributed by atoms with Crippen molar-refractivity contribution in [1.82, 2.24) is 0 Å². The molecule has 0 aromatic carbocycles. The van der Waals surface area contributed by atoms with Gasteiger partial charge in [0.05, 0.1) is 0 Å². The summed E-state index contributed by atoms with van der Waals surface area (Å²) >= 11 is 0.